The molecule has 1 saturated heterocycles. The van der Waals surface area contributed by atoms with E-state index in [9.17, 15) is 4.79 Å². The first-order chi connectivity index (χ1) is 11.7. The molecule has 0 amide bonds. The third-order valence-electron chi connectivity index (χ3n) is 4.60. The standard InChI is InChI=1S/C19H23N3O2/c1-14-4-3-6-21-18(14)13-22-7-5-15(12-22)8-16-9-17(11-20-10-16)19(23)24-2/h3-4,6,9-11,15H,5,7-8,12-13H2,1-2H3. The highest BCUT2D eigenvalue weighted by Gasteiger charge is 2.23. The fraction of sp³-hybridized carbons (Fsp3) is 0.421. The zero-order chi connectivity index (χ0) is 16.9. The SMILES string of the molecule is COC(=O)c1cncc(CC2CCN(Cc3ncccc3C)C2)c1. The molecule has 5 heteroatoms. The van der Waals surface area contributed by atoms with E-state index in [4.69, 9.17) is 4.74 Å². The van der Waals surface area contributed by atoms with Gasteiger partial charge in [0.25, 0.3) is 0 Å². The minimum atomic E-state index is -0.331. The van der Waals surface area contributed by atoms with Gasteiger partial charge in [0.05, 0.1) is 18.4 Å². The lowest BCUT2D eigenvalue weighted by Crippen LogP contribution is -2.21. The molecule has 0 saturated carbocycles. The maximum absolute atomic E-state index is 11.6. The van der Waals surface area contributed by atoms with Crippen molar-refractivity contribution in [2.75, 3.05) is 20.2 Å². The molecule has 0 N–H and O–H groups in total. The van der Waals surface area contributed by atoms with E-state index in [-0.39, 0.29) is 5.97 Å². The van der Waals surface area contributed by atoms with Crippen molar-refractivity contribution in [3.05, 3.63) is 59.2 Å². The van der Waals surface area contributed by atoms with Gasteiger partial charge in [0, 0.05) is 31.7 Å². The van der Waals surface area contributed by atoms with Gasteiger partial charge in [-0.05, 0) is 55.5 Å². The maximum Gasteiger partial charge on any atom is 0.339 e. The molecule has 0 aliphatic carbocycles. The van der Waals surface area contributed by atoms with Gasteiger partial charge in [-0.15, -0.1) is 0 Å². The highest BCUT2D eigenvalue weighted by molar-refractivity contribution is 5.89. The van der Waals surface area contributed by atoms with E-state index in [0.717, 1.165) is 43.7 Å². The van der Waals surface area contributed by atoms with Gasteiger partial charge in [-0.1, -0.05) is 6.07 Å². The Morgan fingerprint density at radius 3 is 3.08 bits per heavy atom. The average Bonchev–Trinajstić information content (AvgIpc) is 3.03. The molecule has 0 aromatic carbocycles. The summed E-state index contributed by atoms with van der Waals surface area (Å²) in [7, 11) is 1.39. The minimum Gasteiger partial charge on any atom is -0.465 e. The van der Waals surface area contributed by atoms with Gasteiger partial charge in [0.15, 0.2) is 0 Å². The summed E-state index contributed by atoms with van der Waals surface area (Å²) in [4.78, 5) is 22.7. The van der Waals surface area contributed by atoms with Crippen LogP contribution in [0.3, 0.4) is 0 Å². The highest BCUT2D eigenvalue weighted by atomic mass is 16.5. The molecule has 3 heterocycles. The van der Waals surface area contributed by atoms with Crippen LogP contribution >= 0.6 is 0 Å². The molecule has 2 aromatic heterocycles. The van der Waals surface area contributed by atoms with Crippen molar-refractivity contribution in [2.45, 2.75) is 26.3 Å². The maximum atomic E-state index is 11.6. The smallest absolute Gasteiger partial charge is 0.339 e. The number of carbonyl (C=O) groups excluding carboxylic acids is 1. The second kappa shape index (κ2) is 7.53. The first-order valence-corrected chi connectivity index (χ1v) is 8.31. The normalized spacial score (nSPS) is 17.8. The van der Waals surface area contributed by atoms with E-state index >= 15 is 0 Å². The van der Waals surface area contributed by atoms with Crippen LogP contribution in [0.15, 0.2) is 36.8 Å². The largest absolute Gasteiger partial charge is 0.465 e. The second-order valence-corrected chi connectivity index (χ2v) is 6.43. The number of hydrogen-bond donors (Lipinski definition) is 0. The number of esters is 1. The molecule has 5 nitrogen and oxygen atoms in total. The molecule has 1 unspecified atom stereocenters. The molecule has 1 atom stereocenters. The number of likely N-dealkylation sites (tertiary alicyclic amines) is 1. The molecule has 24 heavy (non-hydrogen) atoms. The van der Waals surface area contributed by atoms with Gasteiger partial charge in [0.1, 0.15) is 0 Å². The zero-order valence-corrected chi connectivity index (χ0v) is 14.2. The number of aryl methyl sites for hydroxylation is 1. The number of methoxy groups -OCH3 is 1. The molecular formula is C19H23N3O2. The fourth-order valence-electron chi connectivity index (χ4n) is 3.28. The third kappa shape index (κ3) is 3.97. The average molecular weight is 325 g/mol. The summed E-state index contributed by atoms with van der Waals surface area (Å²) in [5.74, 6) is 0.256. The van der Waals surface area contributed by atoms with Crippen LogP contribution in [0.4, 0.5) is 0 Å². The van der Waals surface area contributed by atoms with E-state index in [2.05, 4.69) is 27.9 Å². The Hall–Kier alpha value is -2.27. The van der Waals surface area contributed by atoms with Crippen LogP contribution in [0.5, 0.6) is 0 Å². The predicted octanol–water partition coefficient (Wildman–Crippen LogP) is 2.64. The number of carbonyl (C=O) groups is 1. The third-order valence-corrected chi connectivity index (χ3v) is 4.60. The van der Waals surface area contributed by atoms with Crippen LogP contribution in [0, 0.1) is 12.8 Å². The van der Waals surface area contributed by atoms with Crippen molar-refractivity contribution in [2.24, 2.45) is 5.92 Å². The Bertz CT molecular complexity index is 717. The summed E-state index contributed by atoms with van der Waals surface area (Å²) < 4.78 is 4.76. The van der Waals surface area contributed by atoms with Crippen LogP contribution in [-0.2, 0) is 17.7 Å². The van der Waals surface area contributed by atoms with Gasteiger partial charge in [-0.3, -0.25) is 14.9 Å². The van der Waals surface area contributed by atoms with Crippen molar-refractivity contribution >= 4 is 5.97 Å². The van der Waals surface area contributed by atoms with Crippen LogP contribution < -0.4 is 0 Å². The molecule has 0 bridgehead atoms. The predicted molar refractivity (Wildman–Crippen MR) is 91.6 cm³/mol. The summed E-state index contributed by atoms with van der Waals surface area (Å²) in [6.07, 6.45) is 7.36. The van der Waals surface area contributed by atoms with Crippen LogP contribution in [0.1, 0.15) is 33.6 Å². The van der Waals surface area contributed by atoms with E-state index in [1.807, 2.05) is 24.5 Å². The number of nitrogens with zero attached hydrogens (tertiary/aromatic N) is 3. The van der Waals surface area contributed by atoms with Gasteiger partial charge >= 0.3 is 5.97 Å². The minimum absolute atomic E-state index is 0.331. The zero-order valence-electron chi connectivity index (χ0n) is 14.2. The summed E-state index contributed by atoms with van der Waals surface area (Å²) in [6, 6.07) is 5.98. The molecule has 3 rings (SSSR count). The second-order valence-electron chi connectivity index (χ2n) is 6.43. The quantitative estimate of drug-likeness (QED) is 0.791. The number of rotatable bonds is 5. The van der Waals surface area contributed by atoms with Gasteiger partial charge in [0.2, 0.25) is 0 Å². The van der Waals surface area contributed by atoms with Gasteiger partial charge in [-0.2, -0.15) is 0 Å². The van der Waals surface area contributed by atoms with Crippen molar-refractivity contribution in [1.29, 1.82) is 0 Å². The summed E-state index contributed by atoms with van der Waals surface area (Å²) in [5.41, 5.74) is 4.02. The molecule has 1 fully saturated rings. The van der Waals surface area contributed by atoms with Crippen LogP contribution in [0.25, 0.3) is 0 Å². The lowest BCUT2D eigenvalue weighted by atomic mass is 9.99. The molecule has 126 valence electrons. The van der Waals surface area contributed by atoms with Gasteiger partial charge < -0.3 is 4.74 Å². The van der Waals surface area contributed by atoms with Crippen LogP contribution in [-0.4, -0.2) is 41.0 Å². The lowest BCUT2D eigenvalue weighted by Gasteiger charge is -2.16. The van der Waals surface area contributed by atoms with Crippen molar-refractivity contribution in [1.82, 2.24) is 14.9 Å². The Labute approximate surface area is 142 Å². The molecular weight excluding hydrogens is 302 g/mol. The van der Waals surface area contributed by atoms with E-state index in [1.54, 1.807) is 6.20 Å². The molecule has 0 radical (unpaired) electrons. The van der Waals surface area contributed by atoms with Crippen molar-refractivity contribution in [3.63, 3.8) is 0 Å². The van der Waals surface area contributed by atoms with E-state index in [1.165, 1.54) is 12.7 Å². The van der Waals surface area contributed by atoms with Crippen molar-refractivity contribution < 1.29 is 9.53 Å². The Morgan fingerprint density at radius 1 is 1.42 bits per heavy atom. The van der Waals surface area contributed by atoms with E-state index < -0.39 is 0 Å². The molecule has 1 aliphatic heterocycles. The van der Waals surface area contributed by atoms with E-state index in [0.29, 0.717) is 11.5 Å². The summed E-state index contributed by atoms with van der Waals surface area (Å²) in [6.45, 7) is 5.16. The fourth-order valence-corrected chi connectivity index (χ4v) is 3.28. The Kier molecular flexibility index (Phi) is 5.20. The number of ether oxygens (including phenoxy) is 1. The van der Waals surface area contributed by atoms with Crippen LogP contribution in [0.2, 0.25) is 0 Å². The Morgan fingerprint density at radius 2 is 2.29 bits per heavy atom. The lowest BCUT2D eigenvalue weighted by molar-refractivity contribution is 0.0600. The van der Waals surface area contributed by atoms with Crippen molar-refractivity contribution in [3.8, 4) is 0 Å². The number of aromatic nitrogens is 2. The topological polar surface area (TPSA) is 55.3 Å². The first kappa shape index (κ1) is 16.6. The number of pyridine rings is 2. The number of hydrogen-bond acceptors (Lipinski definition) is 5. The van der Waals surface area contributed by atoms with Gasteiger partial charge in [-0.25, -0.2) is 4.79 Å². The first-order valence-electron chi connectivity index (χ1n) is 8.31. The summed E-state index contributed by atoms with van der Waals surface area (Å²) >= 11 is 0. The Balaban J connectivity index is 1.58. The summed E-state index contributed by atoms with van der Waals surface area (Å²) in [5, 5.41) is 0. The molecule has 1 aliphatic rings. The molecule has 2 aromatic rings. The molecule has 0 spiro atoms. The highest BCUT2D eigenvalue weighted by Crippen LogP contribution is 2.23. The monoisotopic (exact) mass is 325 g/mol.